The topological polar surface area (TPSA) is 65.5 Å². The van der Waals surface area contributed by atoms with Crippen molar-refractivity contribution in [3.05, 3.63) is 30.1 Å². The van der Waals surface area contributed by atoms with E-state index < -0.39 is 0 Å². The van der Waals surface area contributed by atoms with Gasteiger partial charge in [0.15, 0.2) is 0 Å². The third-order valence-corrected chi connectivity index (χ3v) is 5.37. The van der Waals surface area contributed by atoms with Crippen molar-refractivity contribution in [3.8, 4) is 0 Å². The van der Waals surface area contributed by atoms with E-state index in [1.165, 1.54) is 25.7 Å². The molecule has 0 aromatic carbocycles. The quantitative estimate of drug-likeness (QED) is 0.861. The molecule has 0 radical (unpaired) electrons. The highest BCUT2D eigenvalue weighted by atomic mass is 16.2. The van der Waals surface area contributed by atoms with Crippen LogP contribution in [0, 0.1) is 11.8 Å². The van der Waals surface area contributed by atoms with Crippen LogP contribution in [0.1, 0.15) is 42.5 Å². The smallest absolute Gasteiger partial charge is 0.317 e. The zero-order chi connectivity index (χ0) is 17.2. The van der Waals surface area contributed by atoms with Gasteiger partial charge in [-0.05, 0) is 56.1 Å². The van der Waals surface area contributed by atoms with Crippen LogP contribution in [0.15, 0.2) is 24.5 Å². The molecule has 2 aliphatic carbocycles. The zero-order valence-corrected chi connectivity index (χ0v) is 14.6. The van der Waals surface area contributed by atoms with Crippen molar-refractivity contribution in [1.82, 2.24) is 20.1 Å². The van der Waals surface area contributed by atoms with Gasteiger partial charge in [0, 0.05) is 50.2 Å². The molecule has 6 nitrogen and oxygen atoms in total. The van der Waals surface area contributed by atoms with E-state index in [1.54, 1.807) is 24.5 Å². The Labute approximate surface area is 148 Å². The lowest BCUT2D eigenvalue weighted by Crippen LogP contribution is -2.47. The molecule has 1 aliphatic heterocycles. The fraction of sp³-hybridized carbons (Fsp3) is 0.632. The van der Waals surface area contributed by atoms with Gasteiger partial charge in [-0.3, -0.25) is 9.78 Å². The van der Waals surface area contributed by atoms with Gasteiger partial charge in [-0.2, -0.15) is 0 Å². The minimum atomic E-state index is 0.0203. The highest BCUT2D eigenvalue weighted by Gasteiger charge is 2.34. The van der Waals surface area contributed by atoms with Crippen LogP contribution >= 0.6 is 0 Å². The Balaban J connectivity index is 1.30. The van der Waals surface area contributed by atoms with Crippen LogP contribution in [-0.4, -0.2) is 58.9 Å². The molecule has 134 valence electrons. The number of amides is 3. The van der Waals surface area contributed by atoms with Crippen LogP contribution in [0.5, 0.6) is 0 Å². The van der Waals surface area contributed by atoms with Gasteiger partial charge in [-0.15, -0.1) is 0 Å². The summed E-state index contributed by atoms with van der Waals surface area (Å²) in [5, 5.41) is 3.16. The number of pyridine rings is 1. The fourth-order valence-electron chi connectivity index (χ4n) is 3.47. The molecule has 6 heteroatoms. The summed E-state index contributed by atoms with van der Waals surface area (Å²) in [4.78, 5) is 33.0. The highest BCUT2D eigenvalue weighted by molar-refractivity contribution is 5.94. The van der Waals surface area contributed by atoms with Crippen LogP contribution in [0.25, 0.3) is 0 Å². The number of carbonyl (C=O) groups excluding carboxylic acids is 2. The Morgan fingerprint density at radius 3 is 2.32 bits per heavy atom. The zero-order valence-electron chi connectivity index (χ0n) is 14.6. The third kappa shape index (κ3) is 4.30. The van der Waals surface area contributed by atoms with Crippen molar-refractivity contribution in [1.29, 1.82) is 0 Å². The van der Waals surface area contributed by atoms with E-state index in [4.69, 9.17) is 0 Å². The molecule has 3 aliphatic rings. The van der Waals surface area contributed by atoms with Gasteiger partial charge in [0.25, 0.3) is 5.91 Å². The molecule has 2 saturated carbocycles. The number of nitrogens with zero attached hydrogens (tertiary/aromatic N) is 3. The predicted molar refractivity (Wildman–Crippen MR) is 94.1 cm³/mol. The van der Waals surface area contributed by atoms with Crippen LogP contribution < -0.4 is 5.32 Å². The van der Waals surface area contributed by atoms with Crippen molar-refractivity contribution >= 4 is 11.9 Å². The van der Waals surface area contributed by atoms with Gasteiger partial charge in [0.1, 0.15) is 0 Å². The Bertz CT molecular complexity index is 614. The molecule has 0 spiro atoms. The van der Waals surface area contributed by atoms with Gasteiger partial charge in [-0.25, -0.2) is 4.79 Å². The fourth-order valence-corrected chi connectivity index (χ4v) is 3.47. The van der Waals surface area contributed by atoms with E-state index >= 15 is 0 Å². The van der Waals surface area contributed by atoms with Crippen LogP contribution in [0.2, 0.25) is 0 Å². The van der Waals surface area contributed by atoms with Crippen molar-refractivity contribution in [2.24, 2.45) is 11.8 Å². The number of carbonyl (C=O) groups is 2. The Morgan fingerprint density at radius 1 is 1.08 bits per heavy atom. The van der Waals surface area contributed by atoms with E-state index in [9.17, 15) is 9.59 Å². The molecular weight excluding hydrogens is 316 g/mol. The van der Waals surface area contributed by atoms with Crippen LogP contribution in [0.4, 0.5) is 4.79 Å². The number of nitrogens with one attached hydrogen (secondary N) is 1. The van der Waals surface area contributed by atoms with Gasteiger partial charge in [0.05, 0.1) is 0 Å². The van der Waals surface area contributed by atoms with Crippen molar-refractivity contribution in [2.45, 2.75) is 38.1 Å². The SMILES string of the molecule is O=C(NC1CCN(C(=O)c2ccncc2)C1)N(CC1CC1)CC1CC1. The Kier molecular flexibility index (Phi) is 4.59. The predicted octanol–water partition coefficient (Wildman–Crippen LogP) is 2.13. The first-order chi connectivity index (χ1) is 12.2. The number of rotatable bonds is 6. The summed E-state index contributed by atoms with van der Waals surface area (Å²) in [6.45, 7) is 3.08. The molecule has 4 rings (SSSR count). The second-order valence-electron chi connectivity index (χ2n) is 7.71. The minimum absolute atomic E-state index is 0.0203. The first-order valence-corrected chi connectivity index (χ1v) is 9.44. The van der Waals surface area contributed by atoms with E-state index in [-0.39, 0.29) is 18.0 Å². The van der Waals surface area contributed by atoms with Gasteiger partial charge in [0.2, 0.25) is 0 Å². The average Bonchev–Trinajstić information content (AvgIpc) is 3.56. The van der Waals surface area contributed by atoms with Crippen molar-refractivity contribution in [2.75, 3.05) is 26.2 Å². The lowest BCUT2D eigenvalue weighted by Gasteiger charge is -2.25. The third-order valence-electron chi connectivity index (χ3n) is 5.37. The van der Waals surface area contributed by atoms with E-state index in [2.05, 4.69) is 10.3 Å². The molecule has 1 aromatic heterocycles. The van der Waals surface area contributed by atoms with Crippen molar-refractivity contribution < 1.29 is 9.59 Å². The lowest BCUT2D eigenvalue weighted by molar-refractivity contribution is 0.0788. The molecule has 1 aromatic rings. The Hall–Kier alpha value is -2.11. The lowest BCUT2D eigenvalue weighted by atomic mass is 10.2. The van der Waals surface area contributed by atoms with Crippen LogP contribution in [0.3, 0.4) is 0 Å². The maximum absolute atomic E-state index is 12.7. The molecule has 3 fully saturated rings. The van der Waals surface area contributed by atoms with E-state index in [0.717, 1.165) is 19.5 Å². The molecule has 0 bridgehead atoms. The minimum Gasteiger partial charge on any atom is -0.337 e. The van der Waals surface area contributed by atoms with Gasteiger partial charge < -0.3 is 15.1 Å². The largest absolute Gasteiger partial charge is 0.337 e. The number of hydrogen-bond acceptors (Lipinski definition) is 3. The van der Waals surface area contributed by atoms with Crippen LogP contribution in [-0.2, 0) is 0 Å². The summed E-state index contributed by atoms with van der Waals surface area (Å²) in [7, 11) is 0. The number of hydrogen-bond donors (Lipinski definition) is 1. The Morgan fingerprint density at radius 2 is 1.72 bits per heavy atom. The monoisotopic (exact) mass is 342 g/mol. The maximum atomic E-state index is 12.7. The summed E-state index contributed by atoms with van der Waals surface area (Å²) in [6, 6.07) is 3.59. The summed E-state index contributed by atoms with van der Waals surface area (Å²) in [5.74, 6) is 1.43. The first-order valence-electron chi connectivity index (χ1n) is 9.44. The average molecular weight is 342 g/mol. The summed E-state index contributed by atoms with van der Waals surface area (Å²) < 4.78 is 0. The number of urea groups is 1. The molecule has 1 atom stereocenters. The normalized spacial score (nSPS) is 22.7. The molecule has 1 saturated heterocycles. The second kappa shape index (κ2) is 7.02. The summed E-state index contributed by atoms with van der Waals surface area (Å²) in [5.41, 5.74) is 0.658. The molecule has 3 amide bonds. The first kappa shape index (κ1) is 16.4. The second-order valence-corrected chi connectivity index (χ2v) is 7.71. The van der Waals surface area contributed by atoms with Gasteiger partial charge >= 0.3 is 6.03 Å². The standard InChI is InChI=1S/C19H26N4O2/c24-18(16-5-8-20-9-6-16)22-10-7-17(13-22)21-19(25)23(11-14-1-2-14)12-15-3-4-15/h5-6,8-9,14-15,17H,1-4,7,10-13H2,(H,21,25). The molecular formula is C19H26N4O2. The van der Waals surface area contributed by atoms with Gasteiger partial charge in [-0.1, -0.05) is 0 Å². The van der Waals surface area contributed by atoms with E-state index in [1.807, 2.05) is 9.80 Å². The number of aromatic nitrogens is 1. The number of likely N-dealkylation sites (tertiary alicyclic amines) is 1. The van der Waals surface area contributed by atoms with Crippen molar-refractivity contribution in [3.63, 3.8) is 0 Å². The maximum Gasteiger partial charge on any atom is 0.317 e. The molecule has 2 heterocycles. The molecule has 25 heavy (non-hydrogen) atoms. The molecule has 1 unspecified atom stereocenters. The summed E-state index contributed by atoms with van der Waals surface area (Å²) in [6.07, 6.45) is 9.12. The van der Waals surface area contributed by atoms with E-state index in [0.29, 0.717) is 30.5 Å². The summed E-state index contributed by atoms with van der Waals surface area (Å²) >= 11 is 0. The highest BCUT2D eigenvalue weighted by Crippen LogP contribution is 2.33. The molecule has 1 N–H and O–H groups in total.